The lowest BCUT2D eigenvalue weighted by Crippen LogP contribution is -2.33. The van der Waals surface area contributed by atoms with E-state index in [2.05, 4.69) is 0 Å². The average molecular weight is 254 g/mol. The molecule has 0 aliphatic heterocycles. The second kappa shape index (κ2) is 6.11. The molecule has 0 bridgehead atoms. The van der Waals surface area contributed by atoms with Crippen molar-refractivity contribution in [3.63, 3.8) is 0 Å². The van der Waals surface area contributed by atoms with Gasteiger partial charge >= 0.3 is 5.97 Å². The maximum atomic E-state index is 13.4. The van der Waals surface area contributed by atoms with Gasteiger partial charge in [0.2, 0.25) is 5.91 Å². The molecular formula is C12H15FN2O3. The third-order valence-electron chi connectivity index (χ3n) is 2.50. The number of carbonyl (C=O) groups excluding carboxylic acids is 1. The molecule has 5 nitrogen and oxygen atoms in total. The summed E-state index contributed by atoms with van der Waals surface area (Å²) in [6.07, 6.45) is 0. The molecule has 1 aromatic carbocycles. The van der Waals surface area contributed by atoms with E-state index < -0.39 is 17.7 Å². The van der Waals surface area contributed by atoms with Gasteiger partial charge in [-0.3, -0.25) is 9.69 Å². The van der Waals surface area contributed by atoms with E-state index in [1.165, 1.54) is 12.1 Å². The van der Waals surface area contributed by atoms with E-state index in [1.54, 1.807) is 4.90 Å². The van der Waals surface area contributed by atoms with E-state index in [0.717, 1.165) is 6.07 Å². The van der Waals surface area contributed by atoms with Crippen molar-refractivity contribution < 1.29 is 19.1 Å². The van der Waals surface area contributed by atoms with Gasteiger partial charge in [-0.25, -0.2) is 9.18 Å². The Hall–Kier alpha value is -1.95. The van der Waals surface area contributed by atoms with Gasteiger partial charge in [-0.2, -0.15) is 0 Å². The van der Waals surface area contributed by atoms with E-state index in [4.69, 9.17) is 10.8 Å². The molecule has 0 saturated carbocycles. The third kappa shape index (κ3) is 3.81. The Morgan fingerprint density at radius 2 is 2.11 bits per heavy atom. The van der Waals surface area contributed by atoms with Crippen molar-refractivity contribution in [3.8, 4) is 0 Å². The predicted molar refractivity (Wildman–Crippen MR) is 63.5 cm³/mol. The van der Waals surface area contributed by atoms with Crippen LogP contribution in [0.1, 0.15) is 22.8 Å². The number of nitrogens with zero attached hydrogens (tertiary/aromatic N) is 1. The summed E-state index contributed by atoms with van der Waals surface area (Å²) >= 11 is 0. The predicted octanol–water partition coefficient (Wildman–Crippen LogP) is 0.831. The fourth-order valence-corrected chi connectivity index (χ4v) is 1.59. The van der Waals surface area contributed by atoms with Gasteiger partial charge in [-0.05, 0) is 24.2 Å². The first-order chi connectivity index (χ1) is 8.43. The van der Waals surface area contributed by atoms with Crippen LogP contribution in [0.3, 0.4) is 0 Å². The van der Waals surface area contributed by atoms with E-state index >= 15 is 0 Å². The highest BCUT2D eigenvalue weighted by Crippen LogP contribution is 2.12. The van der Waals surface area contributed by atoms with Crippen LogP contribution in [-0.4, -0.2) is 35.0 Å². The van der Waals surface area contributed by atoms with Crippen LogP contribution >= 0.6 is 0 Å². The Bertz CT molecular complexity index is 463. The standard InChI is InChI=1S/C12H15FN2O3/c1-2-15(7-11(14)16)6-8-3-4-9(12(17)18)10(13)5-8/h3-5H,2,6-7H2,1H3,(H2,14,16)(H,17,18). The lowest BCUT2D eigenvalue weighted by molar-refractivity contribution is -0.119. The quantitative estimate of drug-likeness (QED) is 0.787. The van der Waals surface area contributed by atoms with Gasteiger partial charge in [0.1, 0.15) is 5.82 Å². The zero-order chi connectivity index (χ0) is 13.7. The summed E-state index contributed by atoms with van der Waals surface area (Å²) in [7, 11) is 0. The lowest BCUT2D eigenvalue weighted by atomic mass is 10.1. The Morgan fingerprint density at radius 1 is 1.44 bits per heavy atom. The number of amides is 1. The number of primary amides is 1. The Balaban J connectivity index is 2.81. The minimum absolute atomic E-state index is 0.0821. The molecule has 0 fully saturated rings. The van der Waals surface area contributed by atoms with Crippen LogP contribution in [0, 0.1) is 5.82 Å². The molecule has 98 valence electrons. The van der Waals surface area contributed by atoms with E-state index in [9.17, 15) is 14.0 Å². The van der Waals surface area contributed by atoms with Gasteiger partial charge in [-0.1, -0.05) is 13.0 Å². The first-order valence-electron chi connectivity index (χ1n) is 5.46. The van der Waals surface area contributed by atoms with Crippen molar-refractivity contribution in [2.24, 2.45) is 5.73 Å². The number of aromatic carboxylic acids is 1. The first kappa shape index (κ1) is 14.1. The van der Waals surface area contributed by atoms with Crippen LogP contribution < -0.4 is 5.73 Å². The minimum atomic E-state index is -1.30. The van der Waals surface area contributed by atoms with Crippen molar-refractivity contribution in [3.05, 3.63) is 35.1 Å². The van der Waals surface area contributed by atoms with Crippen LogP contribution in [0.25, 0.3) is 0 Å². The fourth-order valence-electron chi connectivity index (χ4n) is 1.59. The monoisotopic (exact) mass is 254 g/mol. The Morgan fingerprint density at radius 3 is 2.56 bits per heavy atom. The number of carboxylic acid groups (broad SMARTS) is 1. The van der Waals surface area contributed by atoms with Crippen molar-refractivity contribution in [2.45, 2.75) is 13.5 Å². The number of likely N-dealkylation sites (N-methyl/N-ethyl adjacent to an activating group) is 1. The maximum absolute atomic E-state index is 13.4. The van der Waals surface area contributed by atoms with Crippen LogP contribution in [0.5, 0.6) is 0 Å². The van der Waals surface area contributed by atoms with Gasteiger partial charge in [0, 0.05) is 6.54 Å². The molecule has 0 heterocycles. The summed E-state index contributed by atoms with van der Waals surface area (Å²) in [6.45, 7) is 2.87. The van der Waals surface area contributed by atoms with Crippen LogP contribution in [-0.2, 0) is 11.3 Å². The molecule has 0 aliphatic rings. The highest BCUT2D eigenvalue weighted by molar-refractivity contribution is 5.87. The number of carboxylic acids is 1. The molecule has 0 atom stereocenters. The van der Waals surface area contributed by atoms with Gasteiger partial charge < -0.3 is 10.8 Å². The summed E-state index contributed by atoms with van der Waals surface area (Å²) in [5, 5.41) is 8.69. The van der Waals surface area contributed by atoms with Crippen LogP contribution in [0.4, 0.5) is 4.39 Å². The number of carbonyl (C=O) groups is 2. The van der Waals surface area contributed by atoms with Gasteiger partial charge in [0.05, 0.1) is 12.1 Å². The van der Waals surface area contributed by atoms with Crippen molar-refractivity contribution in [1.82, 2.24) is 4.90 Å². The second-order valence-corrected chi connectivity index (χ2v) is 3.89. The Labute approximate surface area is 104 Å². The van der Waals surface area contributed by atoms with Gasteiger partial charge in [0.15, 0.2) is 0 Å². The van der Waals surface area contributed by atoms with Crippen molar-refractivity contribution in [2.75, 3.05) is 13.1 Å². The van der Waals surface area contributed by atoms with Crippen LogP contribution in [0.15, 0.2) is 18.2 Å². The smallest absolute Gasteiger partial charge is 0.338 e. The topological polar surface area (TPSA) is 83.6 Å². The van der Waals surface area contributed by atoms with E-state index in [-0.39, 0.29) is 12.1 Å². The SMILES string of the molecule is CCN(CC(N)=O)Cc1ccc(C(=O)O)c(F)c1. The van der Waals surface area contributed by atoms with Crippen LogP contribution in [0.2, 0.25) is 0 Å². The number of benzene rings is 1. The third-order valence-corrected chi connectivity index (χ3v) is 2.50. The first-order valence-corrected chi connectivity index (χ1v) is 5.46. The molecule has 0 aromatic heterocycles. The summed E-state index contributed by atoms with van der Waals surface area (Å²) in [6, 6.07) is 3.90. The molecule has 6 heteroatoms. The Kier molecular flexibility index (Phi) is 4.79. The lowest BCUT2D eigenvalue weighted by Gasteiger charge is -2.18. The van der Waals surface area contributed by atoms with E-state index in [1.807, 2.05) is 6.92 Å². The molecule has 1 amide bonds. The molecule has 0 saturated heterocycles. The molecular weight excluding hydrogens is 239 g/mol. The van der Waals surface area contributed by atoms with Crippen molar-refractivity contribution >= 4 is 11.9 Å². The number of hydrogen-bond donors (Lipinski definition) is 2. The molecule has 0 spiro atoms. The minimum Gasteiger partial charge on any atom is -0.478 e. The van der Waals surface area contributed by atoms with Gasteiger partial charge in [0.25, 0.3) is 0 Å². The largest absolute Gasteiger partial charge is 0.478 e. The number of halogens is 1. The molecule has 1 rings (SSSR count). The number of rotatable bonds is 6. The molecule has 3 N–H and O–H groups in total. The molecule has 0 unspecified atom stereocenters. The summed E-state index contributed by atoms with van der Waals surface area (Å²) in [5.41, 5.74) is 5.32. The summed E-state index contributed by atoms with van der Waals surface area (Å²) in [4.78, 5) is 23.2. The zero-order valence-corrected chi connectivity index (χ0v) is 10.0. The second-order valence-electron chi connectivity index (χ2n) is 3.89. The normalized spacial score (nSPS) is 10.6. The van der Waals surface area contributed by atoms with Crippen molar-refractivity contribution in [1.29, 1.82) is 0 Å². The number of nitrogens with two attached hydrogens (primary N) is 1. The summed E-state index contributed by atoms with van der Waals surface area (Å²) in [5.74, 6) is -2.54. The maximum Gasteiger partial charge on any atom is 0.338 e. The van der Waals surface area contributed by atoms with E-state index in [0.29, 0.717) is 18.7 Å². The zero-order valence-electron chi connectivity index (χ0n) is 10.0. The molecule has 18 heavy (non-hydrogen) atoms. The fraction of sp³-hybridized carbons (Fsp3) is 0.333. The molecule has 0 radical (unpaired) electrons. The molecule has 1 aromatic rings. The number of hydrogen-bond acceptors (Lipinski definition) is 3. The molecule has 0 aliphatic carbocycles. The highest BCUT2D eigenvalue weighted by atomic mass is 19.1. The highest BCUT2D eigenvalue weighted by Gasteiger charge is 2.12. The summed E-state index contributed by atoms with van der Waals surface area (Å²) < 4.78 is 13.4. The average Bonchev–Trinajstić information content (AvgIpc) is 2.27. The van der Waals surface area contributed by atoms with Gasteiger partial charge in [-0.15, -0.1) is 0 Å².